The second-order valence-electron chi connectivity index (χ2n) is 5.18. The second-order valence-corrected chi connectivity index (χ2v) is 5.18. The predicted octanol–water partition coefficient (Wildman–Crippen LogP) is 1.93. The van der Waals surface area contributed by atoms with Crippen LogP contribution in [0.25, 0.3) is 0 Å². The number of nitrogens with one attached hydrogen (secondary N) is 1. The number of likely N-dealkylation sites (N-methyl/N-ethyl adjacent to an activating group) is 1. The van der Waals surface area contributed by atoms with Crippen molar-refractivity contribution < 1.29 is 4.74 Å². The molecule has 4 heteroatoms. The van der Waals surface area contributed by atoms with Gasteiger partial charge in [0.15, 0.2) is 0 Å². The summed E-state index contributed by atoms with van der Waals surface area (Å²) in [5.41, 5.74) is 1.94. The molecular weight excluding hydrogens is 250 g/mol. The first-order valence-electron chi connectivity index (χ1n) is 7.30. The molecule has 2 atom stereocenters. The van der Waals surface area contributed by atoms with Crippen LogP contribution >= 0.6 is 0 Å². The van der Waals surface area contributed by atoms with E-state index in [0.717, 1.165) is 32.7 Å². The number of hydrogen-bond donors (Lipinski definition) is 1. The molecule has 4 nitrogen and oxygen atoms in total. The van der Waals surface area contributed by atoms with E-state index in [9.17, 15) is 0 Å². The molecule has 0 spiro atoms. The monoisotopic (exact) mass is 273 g/mol. The largest absolute Gasteiger partial charge is 0.374 e. The van der Waals surface area contributed by atoms with Crippen LogP contribution in [0.2, 0.25) is 0 Å². The molecule has 2 unspecified atom stereocenters. The van der Waals surface area contributed by atoms with Gasteiger partial charge in [-0.3, -0.25) is 4.90 Å². The molecule has 0 amide bonds. The van der Waals surface area contributed by atoms with Crippen LogP contribution in [-0.2, 0) is 4.74 Å². The molecule has 1 aliphatic heterocycles. The lowest BCUT2D eigenvalue weighted by Crippen LogP contribution is -2.48. The van der Waals surface area contributed by atoms with E-state index in [1.807, 2.05) is 19.2 Å². The van der Waals surface area contributed by atoms with Crippen molar-refractivity contribution in [3.8, 4) is 6.07 Å². The van der Waals surface area contributed by atoms with Crippen LogP contribution in [0, 0.1) is 11.3 Å². The smallest absolute Gasteiger partial charge is 0.0991 e. The Balaban J connectivity index is 2.25. The summed E-state index contributed by atoms with van der Waals surface area (Å²) in [6, 6.07) is 10.3. The highest BCUT2D eigenvalue weighted by Gasteiger charge is 2.32. The van der Waals surface area contributed by atoms with Gasteiger partial charge >= 0.3 is 0 Å². The van der Waals surface area contributed by atoms with E-state index in [0.29, 0.717) is 5.56 Å². The van der Waals surface area contributed by atoms with Gasteiger partial charge in [0.25, 0.3) is 0 Å². The van der Waals surface area contributed by atoms with Gasteiger partial charge < -0.3 is 10.1 Å². The zero-order valence-corrected chi connectivity index (χ0v) is 12.3. The van der Waals surface area contributed by atoms with E-state index in [2.05, 4.69) is 35.3 Å². The molecule has 1 aromatic rings. The first-order chi connectivity index (χ1) is 9.80. The third-order valence-corrected chi connectivity index (χ3v) is 3.75. The maximum absolute atomic E-state index is 8.92. The quantitative estimate of drug-likeness (QED) is 0.890. The highest BCUT2D eigenvalue weighted by Crippen LogP contribution is 2.29. The van der Waals surface area contributed by atoms with Crippen molar-refractivity contribution in [3.63, 3.8) is 0 Å². The molecule has 0 saturated carbocycles. The van der Waals surface area contributed by atoms with Gasteiger partial charge in [0.2, 0.25) is 0 Å². The van der Waals surface area contributed by atoms with Gasteiger partial charge in [-0.1, -0.05) is 19.1 Å². The highest BCUT2D eigenvalue weighted by atomic mass is 16.5. The zero-order valence-electron chi connectivity index (χ0n) is 12.3. The van der Waals surface area contributed by atoms with Crippen molar-refractivity contribution in [2.45, 2.75) is 25.5 Å². The molecule has 108 valence electrons. The van der Waals surface area contributed by atoms with Gasteiger partial charge in [0.05, 0.1) is 30.4 Å². The second kappa shape index (κ2) is 7.39. The molecule has 2 rings (SSSR count). The predicted molar refractivity (Wildman–Crippen MR) is 79.4 cm³/mol. The summed E-state index contributed by atoms with van der Waals surface area (Å²) in [4.78, 5) is 2.49. The molecule has 20 heavy (non-hydrogen) atoms. The topological polar surface area (TPSA) is 48.3 Å². The minimum absolute atomic E-state index is 0.160. The molecule has 0 radical (unpaired) electrons. The van der Waals surface area contributed by atoms with E-state index >= 15 is 0 Å². The molecular formula is C16H23N3O. The van der Waals surface area contributed by atoms with Crippen LogP contribution in [0.5, 0.6) is 0 Å². The number of hydrogen-bond acceptors (Lipinski definition) is 4. The fourth-order valence-electron chi connectivity index (χ4n) is 2.88. The Kier molecular flexibility index (Phi) is 5.54. The summed E-state index contributed by atoms with van der Waals surface area (Å²) in [6.07, 6.45) is 1.30. The average molecular weight is 273 g/mol. The summed E-state index contributed by atoms with van der Waals surface area (Å²) >= 11 is 0. The first kappa shape index (κ1) is 15.0. The standard InChI is InChI=1S/C16H23N3O/c1-3-8-19-9-10-20-15(12-18-2)16(19)14-6-4-13(11-17)5-7-14/h4-7,15-16,18H,3,8-10,12H2,1-2H3. The van der Waals surface area contributed by atoms with E-state index < -0.39 is 0 Å². The van der Waals surface area contributed by atoms with Crippen molar-refractivity contribution in [1.29, 1.82) is 5.26 Å². The van der Waals surface area contributed by atoms with Gasteiger partial charge in [-0.2, -0.15) is 5.26 Å². The summed E-state index contributed by atoms with van der Waals surface area (Å²) in [7, 11) is 1.96. The molecule has 0 aromatic heterocycles. The molecule has 0 bridgehead atoms. The SMILES string of the molecule is CCCN1CCOC(CNC)C1c1ccc(C#N)cc1. The Morgan fingerprint density at radius 2 is 2.15 bits per heavy atom. The fraction of sp³-hybridized carbons (Fsp3) is 0.562. The number of rotatable bonds is 5. The van der Waals surface area contributed by atoms with Crippen molar-refractivity contribution in [1.82, 2.24) is 10.2 Å². The highest BCUT2D eigenvalue weighted by molar-refractivity contribution is 5.33. The van der Waals surface area contributed by atoms with Crippen LogP contribution in [0.3, 0.4) is 0 Å². The Hall–Kier alpha value is -1.41. The number of morpholine rings is 1. The minimum Gasteiger partial charge on any atom is -0.374 e. The third-order valence-electron chi connectivity index (χ3n) is 3.75. The molecule has 1 aromatic carbocycles. The summed E-state index contributed by atoms with van der Waals surface area (Å²) in [6.45, 7) is 5.88. The molecule has 1 N–H and O–H groups in total. The average Bonchev–Trinajstić information content (AvgIpc) is 2.48. The number of nitriles is 1. The van der Waals surface area contributed by atoms with Crippen molar-refractivity contribution in [3.05, 3.63) is 35.4 Å². The Morgan fingerprint density at radius 1 is 1.40 bits per heavy atom. The summed E-state index contributed by atoms with van der Waals surface area (Å²) < 4.78 is 5.95. The number of benzene rings is 1. The molecule has 1 heterocycles. The Morgan fingerprint density at radius 3 is 2.75 bits per heavy atom. The number of nitrogens with zero attached hydrogens (tertiary/aromatic N) is 2. The van der Waals surface area contributed by atoms with Crippen LogP contribution in [-0.4, -0.2) is 44.3 Å². The van der Waals surface area contributed by atoms with Crippen LogP contribution in [0.4, 0.5) is 0 Å². The Bertz CT molecular complexity index is 434. The molecule has 0 aliphatic carbocycles. The van der Waals surface area contributed by atoms with E-state index in [4.69, 9.17) is 10.00 Å². The maximum Gasteiger partial charge on any atom is 0.0991 e. The van der Waals surface area contributed by atoms with E-state index in [-0.39, 0.29) is 12.1 Å². The van der Waals surface area contributed by atoms with Gasteiger partial charge in [-0.25, -0.2) is 0 Å². The maximum atomic E-state index is 8.92. The molecule has 1 saturated heterocycles. The number of ether oxygens (including phenoxy) is 1. The van der Waals surface area contributed by atoms with Gasteiger partial charge in [-0.05, 0) is 37.7 Å². The molecule has 1 aliphatic rings. The zero-order chi connectivity index (χ0) is 14.4. The third kappa shape index (κ3) is 3.37. The lowest BCUT2D eigenvalue weighted by molar-refractivity contribution is -0.0704. The van der Waals surface area contributed by atoms with Gasteiger partial charge in [0, 0.05) is 13.1 Å². The lowest BCUT2D eigenvalue weighted by atomic mass is 9.96. The Labute approximate surface area is 121 Å². The first-order valence-corrected chi connectivity index (χ1v) is 7.30. The van der Waals surface area contributed by atoms with Gasteiger partial charge in [-0.15, -0.1) is 0 Å². The van der Waals surface area contributed by atoms with Crippen LogP contribution < -0.4 is 5.32 Å². The van der Waals surface area contributed by atoms with Gasteiger partial charge in [0.1, 0.15) is 0 Å². The van der Waals surface area contributed by atoms with Crippen molar-refractivity contribution in [2.24, 2.45) is 0 Å². The van der Waals surface area contributed by atoms with Crippen LogP contribution in [0.15, 0.2) is 24.3 Å². The summed E-state index contributed by atoms with van der Waals surface area (Å²) in [5, 5.41) is 12.1. The van der Waals surface area contributed by atoms with Crippen molar-refractivity contribution >= 4 is 0 Å². The molecule has 1 fully saturated rings. The summed E-state index contributed by atoms with van der Waals surface area (Å²) in [5.74, 6) is 0. The minimum atomic E-state index is 0.160. The lowest BCUT2D eigenvalue weighted by Gasteiger charge is -2.41. The fourth-order valence-corrected chi connectivity index (χ4v) is 2.88. The van der Waals surface area contributed by atoms with Crippen LogP contribution in [0.1, 0.15) is 30.5 Å². The van der Waals surface area contributed by atoms with Crippen molar-refractivity contribution in [2.75, 3.05) is 33.3 Å². The normalized spacial score (nSPS) is 23.4. The van der Waals surface area contributed by atoms with E-state index in [1.54, 1.807) is 0 Å². The van der Waals surface area contributed by atoms with E-state index in [1.165, 1.54) is 5.56 Å².